The first-order valence-corrected chi connectivity index (χ1v) is 7.51. The monoisotopic (exact) mass is 295 g/mol. The number of aryl methyl sites for hydroxylation is 2. The van der Waals surface area contributed by atoms with Crippen molar-refractivity contribution in [2.75, 3.05) is 5.32 Å². The third-order valence-corrected chi connectivity index (χ3v) is 4.18. The van der Waals surface area contributed by atoms with Crippen LogP contribution >= 0.6 is 0 Å². The van der Waals surface area contributed by atoms with E-state index in [-0.39, 0.29) is 5.91 Å². The molecule has 0 unspecified atom stereocenters. The molecule has 0 aliphatic carbocycles. The second-order valence-electron chi connectivity index (χ2n) is 5.61. The van der Waals surface area contributed by atoms with Crippen molar-refractivity contribution in [1.82, 2.24) is 19.3 Å². The van der Waals surface area contributed by atoms with Crippen LogP contribution in [0.1, 0.15) is 29.2 Å². The summed E-state index contributed by atoms with van der Waals surface area (Å²) in [6.45, 7) is 0.911. The molecule has 0 saturated heterocycles. The topological polar surface area (TPSA) is 64.7 Å². The molecule has 3 heterocycles. The van der Waals surface area contributed by atoms with Gasteiger partial charge in [-0.3, -0.25) is 9.48 Å². The number of nitrogens with zero attached hydrogens (tertiary/aromatic N) is 4. The molecule has 6 heteroatoms. The van der Waals surface area contributed by atoms with Crippen molar-refractivity contribution in [3.05, 3.63) is 42.0 Å². The molecule has 4 rings (SSSR count). The minimum absolute atomic E-state index is 0.190. The summed E-state index contributed by atoms with van der Waals surface area (Å²) in [7, 11) is 1.85. The van der Waals surface area contributed by atoms with Crippen LogP contribution in [-0.2, 0) is 20.0 Å². The Morgan fingerprint density at radius 2 is 2.14 bits per heavy atom. The van der Waals surface area contributed by atoms with Crippen molar-refractivity contribution in [3.63, 3.8) is 0 Å². The Morgan fingerprint density at radius 3 is 3.05 bits per heavy atom. The highest BCUT2D eigenvalue weighted by Crippen LogP contribution is 2.22. The Kier molecular flexibility index (Phi) is 2.96. The van der Waals surface area contributed by atoms with Gasteiger partial charge in [0.15, 0.2) is 5.69 Å². The van der Waals surface area contributed by atoms with Crippen LogP contribution in [0, 0.1) is 0 Å². The number of carbonyl (C=O) groups excluding carboxylic acids is 1. The zero-order valence-corrected chi connectivity index (χ0v) is 12.4. The number of carbonyl (C=O) groups is 1. The second-order valence-corrected chi connectivity index (χ2v) is 5.61. The Balaban J connectivity index is 1.68. The quantitative estimate of drug-likeness (QED) is 0.789. The van der Waals surface area contributed by atoms with Gasteiger partial charge in [-0.15, -0.1) is 0 Å². The molecule has 112 valence electrons. The van der Waals surface area contributed by atoms with Gasteiger partial charge in [-0.25, -0.2) is 4.98 Å². The predicted molar refractivity (Wildman–Crippen MR) is 83.8 cm³/mol. The van der Waals surface area contributed by atoms with Crippen LogP contribution in [0.4, 0.5) is 5.82 Å². The molecule has 6 nitrogen and oxygen atoms in total. The first kappa shape index (κ1) is 13.1. The fourth-order valence-electron chi connectivity index (χ4n) is 3.07. The van der Waals surface area contributed by atoms with Gasteiger partial charge >= 0.3 is 0 Å². The Bertz CT molecular complexity index is 861. The molecule has 0 radical (unpaired) electrons. The highest BCUT2D eigenvalue weighted by atomic mass is 16.2. The zero-order valence-electron chi connectivity index (χ0n) is 12.4. The summed E-state index contributed by atoms with van der Waals surface area (Å²) in [5.74, 6) is 1.62. The molecule has 0 saturated carbocycles. The highest BCUT2D eigenvalue weighted by molar-refractivity contribution is 6.10. The van der Waals surface area contributed by atoms with Crippen molar-refractivity contribution >= 4 is 22.6 Å². The second kappa shape index (κ2) is 4.98. The van der Waals surface area contributed by atoms with E-state index in [0.29, 0.717) is 5.69 Å². The number of nitrogens with one attached hydrogen (secondary N) is 1. The van der Waals surface area contributed by atoms with E-state index in [0.717, 1.165) is 48.4 Å². The van der Waals surface area contributed by atoms with E-state index >= 15 is 0 Å². The number of para-hydroxylation sites is 1. The lowest BCUT2D eigenvalue weighted by Crippen LogP contribution is -2.19. The lowest BCUT2D eigenvalue weighted by atomic mass is 10.2. The molecule has 1 amide bonds. The Morgan fingerprint density at radius 1 is 1.27 bits per heavy atom. The maximum atomic E-state index is 12.6. The van der Waals surface area contributed by atoms with Gasteiger partial charge in [0.05, 0.1) is 11.7 Å². The van der Waals surface area contributed by atoms with Gasteiger partial charge in [0.1, 0.15) is 11.6 Å². The number of benzene rings is 1. The third kappa shape index (κ3) is 1.99. The molecule has 1 N–H and O–H groups in total. The zero-order chi connectivity index (χ0) is 15.1. The summed E-state index contributed by atoms with van der Waals surface area (Å²) in [4.78, 5) is 17.0. The molecular weight excluding hydrogens is 278 g/mol. The predicted octanol–water partition coefficient (Wildman–Crippen LogP) is 2.36. The number of anilines is 1. The van der Waals surface area contributed by atoms with Crippen molar-refractivity contribution in [2.24, 2.45) is 7.05 Å². The summed E-state index contributed by atoms with van der Waals surface area (Å²) < 4.78 is 3.82. The Hall–Kier alpha value is -2.63. The summed E-state index contributed by atoms with van der Waals surface area (Å²) in [6.07, 6.45) is 5.00. The summed E-state index contributed by atoms with van der Waals surface area (Å²) in [5, 5.41) is 8.18. The van der Waals surface area contributed by atoms with Crippen LogP contribution < -0.4 is 5.32 Å². The van der Waals surface area contributed by atoms with E-state index in [2.05, 4.69) is 20.0 Å². The molecule has 1 aliphatic heterocycles. The fraction of sp³-hybridized carbons (Fsp3) is 0.312. The largest absolute Gasteiger partial charge is 0.315 e. The molecule has 0 atom stereocenters. The van der Waals surface area contributed by atoms with Crippen molar-refractivity contribution in [1.29, 1.82) is 0 Å². The number of imidazole rings is 1. The molecule has 0 bridgehead atoms. The van der Waals surface area contributed by atoms with Crippen LogP contribution in [0.2, 0.25) is 0 Å². The number of rotatable bonds is 2. The number of amides is 1. The van der Waals surface area contributed by atoms with Crippen LogP contribution in [0.25, 0.3) is 10.9 Å². The minimum Gasteiger partial charge on any atom is -0.315 e. The molecule has 1 aromatic carbocycles. The van der Waals surface area contributed by atoms with Gasteiger partial charge < -0.3 is 9.88 Å². The van der Waals surface area contributed by atoms with E-state index in [1.54, 1.807) is 10.9 Å². The third-order valence-electron chi connectivity index (χ3n) is 4.18. The molecule has 1 aliphatic rings. The standard InChI is InChI=1S/C16H17N5O/c1-20-12-7-3-2-6-11(12)15(19-20)16(22)18-14-10-17-13-8-4-5-9-21(13)14/h2-3,6-7,10H,4-5,8-9H2,1H3,(H,18,22). The number of fused-ring (bicyclic) bond motifs is 2. The lowest BCUT2D eigenvalue weighted by molar-refractivity contribution is 0.102. The van der Waals surface area contributed by atoms with Gasteiger partial charge in [0, 0.05) is 25.4 Å². The first-order valence-electron chi connectivity index (χ1n) is 7.51. The summed E-state index contributed by atoms with van der Waals surface area (Å²) >= 11 is 0. The van der Waals surface area contributed by atoms with Crippen molar-refractivity contribution in [3.8, 4) is 0 Å². The fourth-order valence-corrected chi connectivity index (χ4v) is 3.07. The summed E-state index contributed by atoms with van der Waals surface area (Å²) in [5.41, 5.74) is 1.40. The number of hydrogen-bond donors (Lipinski definition) is 1. The molecular formula is C16H17N5O. The SMILES string of the molecule is Cn1nc(C(=O)Nc2cnc3n2CCCC3)c2ccccc21. The van der Waals surface area contributed by atoms with Gasteiger partial charge in [-0.2, -0.15) is 5.10 Å². The van der Waals surface area contributed by atoms with E-state index < -0.39 is 0 Å². The molecule has 2 aromatic heterocycles. The average molecular weight is 295 g/mol. The van der Waals surface area contributed by atoms with Gasteiger partial charge in [-0.1, -0.05) is 18.2 Å². The highest BCUT2D eigenvalue weighted by Gasteiger charge is 2.19. The van der Waals surface area contributed by atoms with Crippen molar-refractivity contribution in [2.45, 2.75) is 25.8 Å². The van der Waals surface area contributed by atoms with Crippen LogP contribution in [0.5, 0.6) is 0 Å². The van der Waals surface area contributed by atoms with E-state index in [1.807, 2.05) is 31.3 Å². The molecule has 22 heavy (non-hydrogen) atoms. The molecule has 0 fully saturated rings. The van der Waals surface area contributed by atoms with Gasteiger partial charge in [0.25, 0.3) is 5.91 Å². The summed E-state index contributed by atoms with van der Waals surface area (Å²) in [6, 6.07) is 7.74. The lowest BCUT2D eigenvalue weighted by Gasteiger charge is -2.16. The van der Waals surface area contributed by atoms with Crippen LogP contribution in [0.3, 0.4) is 0 Å². The minimum atomic E-state index is -0.190. The maximum absolute atomic E-state index is 12.6. The van der Waals surface area contributed by atoms with Gasteiger partial charge in [-0.05, 0) is 18.9 Å². The molecule has 3 aromatic rings. The number of aromatic nitrogens is 4. The van der Waals surface area contributed by atoms with Gasteiger partial charge in [0.2, 0.25) is 0 Å². The van der Waals surface area contributed by atoms with Crippen molar-refractivity contribution < 1.29 is 4.79 Å². The smallest absolute Gasteiger partial charge is 0.277 e. The number of hydrogen-bond acceptors (Lipinski definition) is 3. The van der Waals surface area contributed by atoms with Crippen LogP contribution in [-0.4, -0.2) is 25.2 Å². The normalized spacial score (nSPS) is 14.0. The Labute approximate surface area is 127 Å². The molecule has 0 spiro atoms. The maximum Gasteiger partial charge on any atom is 0.277 e. The first-order chi connectivity index (χ1) is 10.7. The van der Waals surface area contributed by atoms with Crippen LogP contribution in [0.15, 0.2) is 30.5 Å². The van der Waals surface area contributed by atoms with E-state index in [4.69, 9.17) is 0 Å². The van der Waals surface area contributed by atoms with E-state index in [1.165, 1.54) is 0 Å². The average Bonchev–Trinajstić information content (AvgIpc) is 3.10. The van der Waals surface area contributed by atoms with E-state index in [9.17, 15) is 4.79 Å².